The normalized spacial score (nSPS) is 19.2. The Morgan fingerprint density at radius 2 is 1.71 bits per heavy atom. The summed E-state index contributed by atoms with van der Waals surface area (Å²) in [4.78, 5) is 14.3. The van der Waals surface area contributed by atoms with Crippen molar-refractivity contribution in [2.75, 3.05) is 13.1 Å². The largest absolute Gasteiger partial charge is 0.341 e. The number of likely N-dealkylation sites (tertiary alicyclic amines) is 1. The Morgan fingerprint density at radius 1 is 1.00 bits per heavy atom. The van der Waals surface area contributed by atoms with Crippen molar-refractivity contribution in [1.82, 2.24) is 9.91 Å². The van der Waals surface area contributed by atoms with Gasteiger partial charge in [-0.1, -0.05) is 6.07 Å². The highest BCUT2D eigenvalue weighted by molar-refractivity contribution is 5.79. The Labute approximate surface area is 159 Å². The van der Waals surface area contributed by atoms with Crippen LogP contribution in [0.5, 0.6) is 0 Å². The van der Waals surface area contributed by atoms with E-state index in [1.165, 1.54) is 35.5 Å². The quantitative estimate of drug-likeness (QED) is 0.720. The molecule has 0 bridgehead atoms. The van der Waals surface area contributed by atoms with Gasteiger partial charge in [-0.05, 0) is 41.7 Å². The van der Waals surface area contributed by atoms with Crippen LogP contribution in [0.25, 0.3) is 0 Å². The molecule has 0 aromatic heterocycles. The predicted molar refractivity (Wildman–Crippen MR) is 94.6 cm³/mol. The molecule has 1 unspecified atom stereocenters. The van der Waals surface area contributed by atoms with Crippen molar-refractivity contribution >= 4 is 12.2 Å². The van der Waals surface area contributed by atoms with Crippen LogP contribution in [0.1, 0.15) is 23.6 Å². The molecule has 8 heteroatoms. The summed E-state index contributed by atoms with van der Waals surface area (Å²) in [6, 6.07) is 5.71. The lowest BCUT2D eigenvalue weighted by Crippen LogP contribution is -2.54. The second-order valence-electron chi connectivity index (χ2n) is 7.09. The van der Waals surface area contributed by atoms with E-state index in [0.717, 1.165) is 12.1 Å². The lowest BCUT2D eigenvalue weighted by Gasteiger charge is -2.41. The number of urea groups is 1. The summed E-state index contributed by atoms with van der Waals surface area (Å²) in [6.07, 6.45) is 2.31. The molecule has 4 rings (SSSR count). The summed E-state index contributed by atoms with van der Waals surface area (Å²) in [5.74, 6) is -2.58. The summed E-state index contributed by atoms with van der Waals surface area (Å²) in [7, 11) is 0. The molecule has 1 atom stereocenters. The molecule has 2 aliphatic rings. The fraction of sp³-hybridized carbons (Fsp3) is 0.300. The van der Waals surface area contributed by atoms with Crippen LogP contribution < -0.4 is 0 Å². The molecule has 146 valence electrons. The molecule has 2 aliphatic heterocycles. The summed E-state index contributed by atoms with van der Waals surface area (Å²) in [5, 5.41) is 5.28. The summed E-state index contributed by atoms with van der Waals surface area (Å²) < 4.78 is 53.8. The maximum atomic E-state index is 13.8. The summed E-state index contributed by atoms with van der Waals surface area (Å²) in [5.41, 5.74) is 0.750. The summed E-state index contributed by atoms with van der Waals surface area (Å²) >= 11 is 0. The van der Waals surface area contributed by atoms with Crippen LogP contribution in [0.15, 0.2) is 41.5 Å². The number of halogens is 4. The van der Waals surface area contributed by atoms with Crippen LogP contribution in [-0.2, 0) is 6.42 Å². The minimum Gasteiger partial charge on any atom is -0.322 e. The van der Waals surface area contributed by atoms with E-state index >= 15 is 0 Å². The van der Waals surface area contributed by atoms with Crippen molar-refractivity contribution < 1.29 is 22.4 Å². The van der Waals surface area contributed by atoms with E-state index in [0.29, 0.717) is 37.1 Å². The standard InChI is InChI=1S/C20H17F4N3O/c21-15-2-1-13(18(24)9-15)5-12-10-26(11-12)20(28)27-19(3-4-25-27)14-6-16(22)8-17(23)7-14/h1-2,4,6-9,12,19H,3,5,10-11H2. The average Bonchev–Trinajstić information content (AvgIpc) is 3.07. The van der Waals surface area contributed by atoms with E-state index in [9.17, 15) is 22.4 Å². The lowest BCUT2D eigenvalue weighted by molar-refractivity contribution is 0.0831. The first-order valence-corrected chi connectivity index (χ1v) is 8.91. The molecule has 0 spiro atoms. The van der Waals surface area contributed by atoms with Gasteiger partial charge in [0.05, 0.1) is 6.04 Å². The number of benzene rings is 2. The number of hydrogen-bond acceptors (Lipinski definition) is 2. The minimum atomic E-state index is -0.709. The molecule has 28 heavy (non-hydrogen) atoms. The van der Waals surface area contributed by atoms with Gasteiger partial charge in [0.2, 0.25) is 0 Å². The first-order valence-electron chi connectivity index (χ1n) is 8.91. The van der Waals surface area contributed by atoms with Gasteiger partial charge in [0.25, 0.3) is 0 Å². The molecule has 0 aliphatic carbocycles. The third-order valence-corrected chi connectivity index (χ3v) is 5.05. The first-order chi connectivity index (χ1) is 13.4. The van der Waals surface area contributed by atoms with Crippen molar-refractivity contribution in [2.45, 2.75) is 18.9 Å². The molecular formula is C20H17F4N3O. The molecule has 1 fully saturated rings. The van der Waals surface area contributed by atoms with Gasteiger partial charge in [-0.2, -0.15) is 5.10 Å². The Kier molecular flexibility index (Phi) is 4.78. The van der Waals surface area contributed by atoms with Gasteiger partial charge >= 0.3 is 6.03 Å². The Bertz CT molecular complexity index is 923. The summed E-state index contributed by atoms with van der Waals surface area (Å²) in [6.45, 7) is 0.817. The second kappa shape index (κ2) is 7.26. The molecule has 2 amide bonds. The molecule has 4 nitrogen and oxygen atoms in total. The molecule has 1 saturated heterocycles. The molecule has 0 saturated carbocycles. The average molecular weight is 391 g/mol. The number of hydrazone groups is 1. The van der Waals surface area contributed by atoms with Crippen LogP contribution in [0.3, 0.4) is 0 Å². The zero-order chi connectivity index (χ0) is 19.8. The maximum Gasteiger partial charge on any atom is 0.341 e. The predicted octanol–water partition coefficient (Wildman–Crippen LogP) is 4.27. The van der Waals surface area contributed by atoms with Gasteiger partial charge in [0.15, 0.2) is 0 Å². The smallest absolute Gasteiger partial charge is 0.322 e. The fourth-order valence-corrected chi connectivity index (χ4v) is 3.64. The number of amides is 2. The van der Waals surface area contributed by atoms with E-state index in [1.807, 2.05) is 0 Å². The number of rotatable bonds is 3. The monoisotopic (exact) mass is 391 g/mol. The van der Waals surface area contributed by atoms with Crippen molar-refractivity contribution in [2.24, 2.45) is 11.0 Å². The lowest BCUT2D eigenvalue weighted by atomic mass is 9.92. The van der Waals surface area contributed by atoms with E-state index < -0.39 is 29.3 Å². The highest BCUT2D eigenvalue weighted by atomic mass is 19.1. The second-order valence-corrected chi connectivity index (χ2v) is 7.09. The van der Waals surface area contributed by atoms with Crippen LogP contribution in [-0.4, -0.2) is 35.2 Å². The van der Waals surface area contributed by atoms with Crippen LogP contribution >= 0.6 is 0 Å². The van der Waals surface area contributed by atoms with Gasteiger partial charge in [-0.25, -0.2) is 27.4 Å². The number of carbonyl (C=O) groups excluding carboxylic acids is 1. The Hall–Kier alpha value is -2.90. The van der Waals surface area contributed by atoms with Crippen molar-refractivity contribution in [1.29, 1.82) is 0 Å². The molecular weight excluding hydrogens is 374 g/mol. The first kappa shape index (κ1) is 18.5. The number of carbonyl (C=O) groups is 1. The van der Waals surface area contributed by atoms with E-state index in [2.05, 4.69) is 5.10 Å². The van der Waals surface area contributed by atoms with Gasteiger partial charge < -0.3 is 4.90 Å². The Balaban J connectivity index is 1.39. The molecule has 0 radical (unpaired) electrons. The molecule has 2 aromatic rings. The van der Waals surface area contributed by atoms with Crippen molar-refractivity contribution in [3.63, 3.8) is 0 Å². The zero-order valence-electron chi connectivity index (χ0n) is 14.8. The third kappa shape index (κ3) is 3.58. The van der Waals surface area contributed by atoms with E-state index in [-0.39, 0.29) is 11.9 Å². The SMILES string of the molecule is O=C(N1CC(Cc2ccc(F)cc2F)C1)N1N=CCC1c1cc(F)cc(F)c1. The minimum absolute atomic E-state index is 0.0561. The third-order valence-electron chi connectivity index (χ3n) is 5.05. The van der Waals surface area contributed by atoms with Gasteiger partial charge in [0, 0.05) is 37.9 Å². The van der Waals surface area contributed by atoms with Crippen LogP contribution in [0.4, 0.5) is 22.4 Å². The zero-order valence-corrected chi connectivity index (χ0v) is 14.8. The molecule has 0 N–H and O–H groups in total. The maximum absolute atomic E-state index is 13.8. The van der Waals surface area contributed by atoms with Gasteiger partial charge in [0.1, 0.15) is 23.3 Å². The van der Waals surface area contributed by atoms with E-state index in [4.69, 9.17) is 0 Å². The molecule has 2 aromatic carbocycles. The molecule has 2 heterocycles. The van der Waals surface area contributed by atoms with Crippen LogP contribution in [0, 0.1) is 29.2 Å². The highest BCUT2D eigenvalue weighted by Crippen LogP contribution is 2.32. The van der Waals surface area contributed by atoms with Crippen molar-refractivity contribution in [3.8, 4) is 0 Å². The van der Waals surface area contributed by atoms with Crippen LogP contribution in [0.2, 0.25) is 0 Å². The fourth-order valence-electron chi connectivity index (χ4n) is 3.64. The topological polar surface area (TPSA) is 35.9 Å². The number of hydrogen-bond donors (Lipinski definition) is 0. The van der Waals surface area contributed by atoms with E-state index in [1.54, 1.807) is 4.90 Å². The Morgan fingerprint density at radius 3 is 2.39 bits per heavy atom. The highest BCUT2D eigenvalue weighted by Gasteiger charge is 2.38. The van der Waals surface area contributed by atoms with Gasteiger partial charge in [-0.3, -0.25) is 0 Å². The van der Waals surface area contributed by atoms with Gasteiger partial charge in [-0.15, -0.1) is 0 Å². The number of nitrogens with zero attached hydrogens (tertiary/aromatic N) is 3. The van der Waals surface area contributed by atoms with Crippen molar-refractivity contribution in [3.05, 3.63) is 70.8 Å².